The van der Waals surface area contributed by atoms with Crippen LogP contribution in [-0.2, 0) is 0 Å². The lowest BCUT2D eigenvalue weighted by Crippen LogP contribution is -2.20. The fraction of sp³-hybridized carbons (Fsp3) is 0. The molecule has 0 aliphatic carbocycles. The number of nitrogen functional groups attached to an aromatic ring is 1. The molecule has 0 atom stereocenters. The monoisotopic (exact) mass is 210 g/mol. The number of hydrogen-bond acceptors (Lipinski definition) is 6. The van der Waals surface area contributed by atoms with Gasteiger partial charge in [-0.25, -0.2) is 4.98 Å². The Balaban J connectivity index is 2.40. The first-order chi connectivity index (χ1) is 6.65. The van der Waals surface area contributed by atoms with Crippen molar-refractivity contribution in [2.24, 2.45) is 0 Å². The van der Waals surface area contributed by atoms with Gasteiger partial charge in [-0.1, -0.05) is 11.3 Å². The van der Waals surface area contributed by atoms with E-state index >= 15 is 0 Å². The molecule has 2 aromatic rings. The zero-order chi connectivity index (χ0) is 10.1. The highest BCUT2D eigenvalue weighted by Crippen LogP contribution is 2.27. The molecule has 14 heavy (non-hydrogen) atoms. The molecule has 1 aromatic heterocycles. The van der Waals surface area contributed by atoms with Gasteiger partial charge in [0.05, 0.1) is 10.2 Å². The zero-order valence-corrected chi connectivity index (χ0v) is 7.86. The summed E-state index contributed by atoms with van der Waals surface area (Å²) in [6, 6.07) is 4.96. The number of rotatable bonds is 2. The minimum Gasteiger partial charge on any atom is -0.512 e. The van der Waals surface area contributed by atoms with Gasteiger partial charge in [0.25, 0.3) is 0 Å². The molecule has 0 saturated carbocycles. The highest BCUT2D eigenvalue weighted by atomic mass is 32.1. The van der Waals surface area contributed by atoms with E-state index in [1.807, 2.05) is 0 Å². The third-order valence-corrected chi connectivity index (χ3v) is 2.47. The highest BCUT2D eigenvalue weighted by Gasteiger charge is 2.11. The molecule has 0 amide bonds. The summed E-state index contributed by atoms with van der Waals surface area (Å²) >= 11 is 1.32. The predicted octanol–water partition coefficient (Wildman–Crippen LogP) is 0.227. The normalized spacial score (nSPS) is 10.4. The van der Waals surface area contributed by atoms with Crippen molar-refractivity contribution in [3.8, 4) is 5.75 Å². The van der Waals surface area contributed by atoms with Crippen LogP contribution in [0.2, 0.25) is 0 Å². The van der Waals surface area contributed by atoms with Crippen molar-refractivity contribution in [1.29, 1.82) is 0 Å². The first-order valence-electron chi connectivity index (χ1n) is 3.84. The van der Waals surface area contributed by atoms with Gasteiger partial charge in [-0.2, -0.15) is 0 Å². The van der Waals surface area contributed by atoms with Gasteiger partial charge in [-0.3, -0.25) is 0 Å². The first-order valence-corrected chi connectivity index (χ1v) is 4.65. The van der Waals surface area contributed by atoms with Crippen LogP contribution in [0.5, 0.6) is 5.75 Å². The Labute approximate surface area is 83.9 Å². The minimum atomic E-state index is -1.81. The predicted molar refractivity (Wildman–Crippen MR) is 54.9 cm³/mol. The van der Waals surface area contributed by atoms with Gasteiger partial charge in [0.15, 0.2) is 5.13 Å². The van der Waals surface area contributed by atoms with Crippen LogP contribution in [0.3, 0.4) is 0 Å². The van der Waals surface area contributed by atoms with Crippen LogP contribution in [0.1, 0.15) is 0 Å². The molecule has 0 spiro atoms. The summed E-state index contributed by atoms with van der Waals surface area (Å²) in [5, 5.41) is 17.6. The Hall–Kier alpha value is -1.31. The van der Waals surface area contributed by atoms with E-state index in [2.05, 4.69) is 9.64 Å². The lowest BCUT2D eigenvalue weighted by atomic mass is 10.2. The van der Waals surface area contributed by atoms with Crippen molar-refractivity contribution >= 4 is 34.0 Å². The van der Waals surface area contributed by atoms with Gasteiger partial charge >= 0.3 is 7.32 Å². The van der Waals surface area contributed by atoms with E-state index in [1.54, 1.807) is 18.2 Å². The Morgan fingerprint density at radius 3 is 2.93 bits per heavy atom. The molecule has 5 nitrogen and oxygen atoms in total. The molecule has 0 saturated heterocycles. The molecule has 0 bridgehead atoms. The third kappa shape index (κ3) is 1.79. The number of hydrogen-bond donors (Lipinski definition) is 3. The van der Waals surface area contributed by atoms with E-state index in [0.717, 1.165) is 10.2 Å². The summed E-state index contributed by atoms with van der Waals surface area (Å²) in [6.45, 7) is 0. The fourth-order valence-corrected chi connectivity index (χ4v) is 1.88. The van der Waals surface area contributed by atoms with E-state index in [-0.39, 0.29) is 0 Å². The average molecular weight is 210 g/mol. The van der Waals surface area contributed by atoms with Crippen molar-refractivity contribution in [2.45, 2.75) is 0 Å². The Kier molecular flexibility index (Phi) is 2.28. The summed E-state index contributed by atoms with van der Waals surface area (Å²) in [4.78, 5) is 4.05. The van der Waals surface area contributed by atoms with Crippen molar-refractivity contribution in [1.82, 2.24) is 4.98 Å². The second-order valence-electron chi connectivity index (χ2n) is 2.63. The maximum Gasteiger partial charge on any atom is 0.707 e. The van der Waals surface area contributed by atoms with E-state index < -0.39 is 7.32 Å². The number of thiazole rings is 1. The van der Waals surface area contributed by atoms with Gasteiger partial charge in [0, 0.05) is 0 Å². The third-order valence-electron chi connectivity index (χ3n) is 1.62. The molecule has 72 valence electrons. The van der Waals surface area contributed by atoms with Crippen molar-refractivity contribution in [3.05, 3.63) is 18.2 Å². The molecule has 0 fully saturated rings. The maximum atomic E-state index is 8.58. The van der Waals surface area contributed by atoms with E-state index in [4.69, 9.17) is 15.8 Å². The van der Waals surface area contributed by atoms with Gasteiger partial charge in [0.2, 0.25) is 0 Å². The standard InChI is InChI=1S/C7H7BN2O3S/c9-7-10-5-2-1-4(13-8(11)12)3-6(5)14-7/h1-3,11-12H,(H2,9,10). The van der Waals surface area contributed by atoms with Gasteiger partial charge in [-0.15, -0.1) is 0 Å². The minimum absolute atomic E-state index is 0.371. The SMILES string of the molecule is Nc1nc2ccc(OB(O)O)cc2s1. The van der Waals surface area contributed by atoms with Gasteiger partial charge < -0.3 is 20.4 Å². The van der Waals surface area contributed by atoms with Crippen LogP contribution < -0.4 is 10.4 Å². The lowest BCUT2D eigenvalue weighted by molar-refractivity contribution is 0.288. The van der Waals surface area contributed by atoms with E-state index in [0.29, 0.717) is 10.9 Å². The highest BCUT2D eigenvalue weighted by molar-refractivity contribution is 7.22. The summed E-state index contributed by atoms with van der Waals surface area (Å²) in [5.74, 6) is 0.371. The number of benzene rings is 1. The quantitative estimate of drug-likeness (QED) is 0.617. The average Bonchev–Trinajstić information content (AvgIpc) is 2.42. The van der Waals surface area contributed by atoms with E-state index in [9.17, 15) is 0 Å². The van der Waals surface area contributed by atoms with Crippen LogP contribution >= 0.6 is 11.3 Å². The topological polar surface area (TPSA) is 88.6 Å². The first kappa shape index (κ1) is 9.26. The summed E-state index contributed by atoms with van der Waals surface area (Å²) < 4.78 is 5.53. The van der Waals surface area contributed by atoms with Crippen LogP contribution in [0.25, 0.3) is 10.2 Å². The molecule has 1 heterocycles. The molecule has 0 aliphatic heterocycles. The van der Waals surface area contributed by atoms with Crippen molar-refractivity contribution in [3.63, 3.8) is 0 Å². The molecule has 4 N–H and O–H groups in total. The fourth-order valence-electron chi connectivity index (χ4n) is 1.12. The smallest absolute Gasteiger partial charge is 0.512 e. The van der Waals surface area contributed by atoms with Gasteiger partial charge in [0.1, 0.15) is 5.75 Å². The molecule has 0 radical (unpaired) electrons. The van der Waals surface area contributed by atoms with Crippen LogP contribution in [-0.4, -0.2) is 22.4 Å². The molecule has 7 heteroatoms. The zero-order valence-electron chi connectivity index (χ0n) is 7.04. The maximum absolute atomic E-state index is 8.58. The summed E-state index contributed by atoms with van der Waals surface area (Å²) in [6.07, 6.45) is 0. The number of fused-ring (bicyclic) bond motifs is 1. The summed E-state index contributed by atoms with van der Waals surface area (Å²) in [7, 11) is -1.81. The van der Waals surface area contributed by atoms with Crippen LogP contribution in [0.4, 0.5) is 5.13 Å². The Morgan fingerprint density at radius 1 is 1.43 bits per heavy atom. The lowest BCUT2D eigenvalue weighted by Gasteiger charge is -2.02. The molecule has 2 rings (SSSR count). The summed E-state index contributed by atoms with van der Waals surface area (Å²) in [5.41, 5.74) is 6.28. The number of aromatic nitrogens is 1. The Bertz CT molecular complexity index is 459. The largest absolute Gasteiger partial charge is 0.707 e. The number of nitrogens with zero attached hydrogens (tertiary/aromatic N) is 1. The number of nitrogens with two attached hydrogens (primary N) is 1. The van der Waals surface area contributed by atoms with Crippen LogP contribution in [0.15, 0.2) is 18.2 Å². The van der Waals surface area contributed by atoms with Gasteiger partial charge in [-0.05, 0) is 18.2 Å². The second-order valence-corrected chi connectivity index (χ2v) is 3.69. The van der Waals surface area contributed by atoms with E-state index in [1.165, 1.54) is 11.3 Å². The molecule has 1 aromatic carbocycles. The molecule has 0 unspecified atom stereocenters. The number of anilines is 1. The van der Waals surface area contributed by atoms with Crippen molar-refractivity contribution < 1.29 is 14.7 Å². The molecular weight excluding hydrogens is 203 g/mol. The van der Waals surface area contributed by atoms with Crippen molar-refractivity contribution in [2.75, 3.05) is 5.73 Å². The molecule has 0 aliphatic rings. The van der Waals surface area contributed by atoms with Crippen LogP contribution in [0, 0.1) is 0 Å². The second kappa shape index (κ2) is 3.45. The Morgan fingerprint density at radius 2 is 2.21 bits per heavy atom. The molecular formula is C7H7BN2O3S.